The Morgan fingerprint density at radius 3 is 2.33 bits per heavy atom. The monoisotopic (exact) mass is 294 g/mol. The zero-order valence-corrected chi connectivity index (χ0v) is 11.5. The van der Waals surface area contributed by atoms with E-state index in [2.05, 4.69) is 4.74 Å². The van der Waals surface area contributed by atoms with E-state index in [-0.39, 0.29) is 11.5 Å². The van der Waals surface area contributed by atoms with Gasteiger partial charge in [0.15, 0.2) is 5.78 Å². The molecule has 0 fully saturated rings. The van der Waals surface area contributed by atoms with Crippen LogP contribution in [0.2, 0.25) is 0 Å². The van der Waals surface area contributed by atoms with Crippen molar-refractivity contribution in [3.05, 3.63) is 53.6 Å². The fourth-order valence-electron chi connectivity index (χ4n) is 2.05. The molecule has 0 atom stereocenters. The molecule has 0 spiro atoms. The van der Waals surface area contributed by atoms with Gasteiger partial charge in [0, 0.05) is 5.56 Å². The van der Waals surface area contributed by atoms with Crippen molar-refractivity contribution in [1.29, 1.82) is 0 Å². The molecule has 0 radical (unpaired) electrons. The Morgan fingerprint density at radius 1 is 1.05 bits per heavy atom. The Bertz CT molecular complexity index is 675. The SMILES string of the molecule is CC(=O)c1cc(-c2cccc(OC(F)(F)F)c2)ccc1C. The molecule has 0 N–H and O–H groups in total. The maximum atomic E-state index is 12.2. The lowest BCUT2D eigenvalue weighted by molar-refractivity contribution is -0.274. The van der Waals surface area contributed by atoms with E-state index in [0.29, 0.717) is 16.7 Å². The van der Waals surface area contributed by atoms with Gasteiger partial charge in [-0.15, -0.1) is 13.2 Å². The number of halogens is 3. The van der Waals surface area contributed by atoms with E-state index < -0.39 is 6.36 Å². The minimum atomic E-state index is -4.73. The Kier molecular flexibility index (Phi) is 4.02. The predicted molar refractivity (Wildman–Crippen MR) is 73.3 cm³/mol. The molecule has 0 saturated heterocycles. The second kappa shape index (κ2) is 5.60. The van der Waals surface area contributed by atoms with Crippen LogP contribution in [0.3, 0.4) is 0 Å². The average Bonchev–Trinajstić information content (AvgIpc) is 2.37. The van der Waals surface area contributed by atoms with Gasteiger partial charge in [-0.05, 0) is 48.7 Å². The molecule has 0 amide bonds. The molecule has 110 valence electrons. The van der Waals surface area contributed by atoms with E-state index in [9.17, 15) is 18.0 Å². The molecule has 2 aromatic carbocycles. The summed E-state index contributed by atoms with van der Waals surface area (Å²) in [5.41, 5.74) is 2.60. The van der Waals surface area contributed by atoms with Crippen LogP contribution in [0.1, 0.15) is 22.8 Å². The number of hydrogen-bond acceptors (Lipinski definition) is 2. The molecule has 2 rings (SSSR count). The van der Waals surface area contributed by atoms with Crippen molar-refractivity contribution in [3.8, 4) is 16.9 Å². The van der Waals surface area contributed by atoms with Gasteiger partial charge >= 0.3 is 6.36 Å². The second-order valence-electron chi connectivity index (χ2n) is 4.66. The summed E-state index contributed by atoms with van der Waals surface area (Å²) in [6.07, 6.45) is -4.73. The topological polar surface area (TPSA) is 26.3 Å². The number of ketones is 1. The summed E-state index contributed by atoms with van der Waals surface area (Å²) in [5.74, 6) is -0.373. The smallest absolute Gasteiger partial charge is 0.406 e. The molecule has 0 aliphatic carbocycles. The summed E-state index contributed by atoms with van der Waals surface area (Å²) in [5, 5.41) is 0. The van der Waals surface area contributed by atoms with Gasteiger partial charge in [-0.1, -0.05) is 24.3 Å². The molecule has 0 heterocycles. The number of aryl methyl sites for hydroxylation is 1. The molecule has 2 aromatic rings. The lowest BCUT2D eigenvalue weighted by Crippen LogP contribution is -2.17. The van der Waals surface area contributed by atoms with Gasteiger partial charge in [-0.25, -0.2) is 0 Å². The third-order valence-electron chi connectivity index (χ3n) is 3.02. The summed E-state index contributed by atoms with van der Waals surface area (Å²) in [6.45, 7) is 3.26. The Labute approximate surface area is 120 Å². The number of ether oxygens (including phenoxy) is 1. The molecular weight excluding hydrogens is 281 g/mol. The molecule has 0 aliphatic rings. The lowest BCUT2D eigenvalue weighted by Gasteiger charge is -2.11. The quantitative estimate of drug-likeness (QED) is 0.763. The van der Waals surface area contributed by atoms with Crippen LogP contribution >= 0.6 is 0 Å². The Balaban J connectivity index is 2.41. The number of rotatable bonds is 3. The van der Waals surface area contributed by atoms with Gasteiger partial charge < -0.3 is 4.74 Å². The van der Waals surface area contributed by atoms with Gasteiger partial charge in [0.25, 0.3) is 0 Å². The van der Waals surface area contributed by atoms with Crippen molar-refractivity contribution < 1.29 is 22.7 Å². The highest BCUT2D eigenvalue weighted by Gasteiger charge is 2.31. The van der Waals surface area contributed by atoms with Crippen molar-refractivity contribution in [3.63, 3.8) is 0 Å². The standard InChI is InChI=1S/C16H13F3O2/c1-10-6-7-13(9-15(10)11(2)20)12-4-3-5-14(8-12)21-16(17,18)19/h3-9H,1-2H3. The van der Waals surface area contributed by atoms with E-state index >= 15 is 0 Å². The van der Waals surface area contributed by atoms with Gasteiger partial charge in [0.05, 0.1) is 0 Å². The summed E-state index contributed by atoms with van der Waals surface area (Å²) < 4.78 is 40.6. The first-order valence-electron chi connectivity index (χ1n) is 6.24. The molecule has 5 heteroatoms. The maximum absolute atomic E-state index is 12.2. The maximum Gasteiger partial charge on any atom is 0.573 e. The Hall–Kier alpha value is -2.30. The van der Waals surface area contributed by atoms with E-state index in [4.69, 9.17) is 0 Å². The summed E-state index contributed by atoms with van der Waals surface area (Å²) in [7, 11) is 0. The van der Waals surface area contributed by atoms with Crippen molar-refractivity contribution in [2.75, 3.05) is 0 Å². The summed E-state index contributed by atoms with van der Waals surface area (Å²) in [4.78, 5) is 11.5. The molecule has 0 saturated carbocycles. The van der Waals surface area contributed by atoms with Crippen LogP contribution in [0.5, 0.6) is 5.75 Å². The molecule has 2 nitrogen and oxygen atoms in total. The number of alkyl halides is 3. The van der Waals surface area contributed by atoms with Gasteiger partial charge in [0.1, 0.15) is 5.75 Å². The van der Waals surface area contributed by atoms with Crippen molar-refractivity contribution >= 4 is 5.78 Å². The third kappa shape index (κ3) is 3.84. The third-order valence-corrected chi connectivity index (χ3v) is 3.02. The lowest BCUT2D eigenvalue weighted by atomic mass is 9.98. The van der Waals surface area contributed by atoms with Crippen LogP contribution in [-0.2, 0) is 0 Å². The van der Waals surface area contributed by atoms with Crippen LogP contribution in [0.15, 0.2) is 42.5 Å². The second-order valence-corrected chi connectivity index (χ2v) is 4.66. The van der Waals surface area contributed by atoms with Gasteiger partial charge in [-0.3, -0.25) is 4.79 Å². The number of hydrogen-bond donors (Lipinski definition) is 0. The Morgan fingerprint density at radius 2 is 1.71 bits per heavy atom. The molecule has 0 aliphatic heterocycles. The summed E-state index contributed by atoms with van der Waals surface area (Å²) >= 11 is 0. The highest BCUT2D eigenvalue weighted by atomic mass is 19.4. The van der Waals surface area contributed by atoms with E-state index in [1.165, 1.54) is 25.1 Å². The van der Waals surface area contributed by atoms with Crippen LogP contribution in [0, 0.1) is 6.92 Å². The first-order valence-corrected chi connectivity index (χ1v) is 6.24. The minimum Gasteiger partial charge on any atom is -0.406 e. The van der Waals surface area contributed by atoms with Crippen molar-refractivity contribution in [2.45, 2.75) is 20.2 Å². The zero-order chi connectivity index (χ0) is 15.6. The first-order chi connectivity index (χ1) is 9.76. The van der Waals surface area contributed by atoms with Crippen LogP contribution in [0.25, 0.3) is 11.1 Å². The van der Waals surface area contributed by atoms with Crippen LogP contribution in [-0.4, -0.2) is 12.1 Å². The van der Waals surface area contributed by atoms with E-state index in [0.717, 1.165) is 5.56 Å². The van der Waals surface area contributed by atoms with E-state index in [1.807, 2.05) is 6.92 Å². The average molecular weight is 294 g/mol. The highest BCUT2D eigenvalue weighted by molar-refractivity contribution is 5.96. The highest BCUT2D eigenvalue weighted by Crippen LogP contribution is 2.29. The molecule has 0 unspecified atom stereocenters. The molecule has 0 aromatic heterocycles. The molecule has 0 bridgehead atoms. The number of carbonyl (C=O) groups excluding carboxylic acids is 1. The van der Waals surface area contributed by atoms with Crippen molar-refractivity contribution in [2.24, 2.45) is 0 Å². The number of benzene rings is 2. The summed E-state index contributed by atoms with van der Waals surface area (Å²) in [6, 6.07) is 10.9. The minimum absolute atomic E-state index is 0.0861. The van der Waals surface area contributed by atoms with Crippen molar-refractivity contribution in [1.82, 2.24) is 0 Å². The first kappa shape index (κ1) is 15.1. The molecule has 21 heavy (non-hydrogen) atoms. The fraction of sp³-hybridized carbons (Fsp3) is 0.188. The predicted octanol–water partition coefficient (Wildman–Crippen LogP) is 4.76. The van der Waals surface area contributed by atoms with E-state index in [1.54, 1.807) is 24.3 Å². The molecular formula is C16H13F3O2. The van der Waals surface area contributed by atoms with Crippen LogP contribution < -0.4 is 4.74 Å². The number of carbonyl (C=O) groups is 1. The van der Waals surface area contributed by atoms with Crippen LogP contribution in [0.4, 0.5) is 13.2 Å². The van der Waals surface area contributed by atoms with Gasteiger partial charge in [-0.2, -0.15) is 0 Å². The number of Topliss-reactive ketones (excluding diaryl/α,β-unsaturated/α-hetero) is 1. The zero-order valence-electron chi connectivity index (χ0n) is 11.5. The van der Waals surface area contributed by atoms with Gasteiger partial charge in [0.2, 0.25) is 0 Å². The largest absolute Gasteiger partial charge is 0.573 e. The normalized spacial score (nSPS) is 11.3. The fourth-order valence-corrected chi connectivity index (χ4v) is 2.05.